The number of thiazole rings is 1. The fourth-order valence-electron chi connectivity index (χ4n) is 3.61. The van der Waals surface area contributed by atoms with Gasteiger partial charge in [0.2, 0.25) is 5.91 Å². The number of aromatic nitrogens is 1. The number of carbonyl (C=O) groups is 2. The minimum atomic E-state index is 0.0153. The normalized spacial score (nSPS) is 17.6. The lowest BCUT2D eigenvalue weighted by atomic mass is 10.0. The van der Waals surface area contributed by atoms with Crippen LogP contribution in [0.15, 0.2) is 29.1 Å². The van der Waals surface area contributed by atoms with Gasteiger partial charge in [0.05, 0.1) is 11.2 Å². The summed E-state index contributed by atoms with van der Waals surface area (Å²) in [6.45, 7) is 4.17. The van der Waals surface area contributed by atoms with Crippen LogP contribution in [0.3, 0.4) is 0 Å². The average molecular weight is 401 g/mol. The van der Waals surface area contributed by atoms with Gasteiger partial charge in [-0.15, -0.1) is 11.3 Å². The fraction of sp³-hybridized carbons (Fsp3) is 0.450. The predicted molar refractivity (Wildman–Crippen MR) is 107 cm³/mol. The van der Waals surface area contributed by atoms with Crippen molar-refractivity contribution >= 4 is 28.8 Å². The molecule has 1 aromatic carbocycles. The Morgan fingerprint density at radius 1 is 1.21 bits per heavy atom. The van der Waals surface area contributed by atoms with Crippen LogP contribution in [0.2, 0.25) is 0 Å². The monoisotopic (exact) mass is 400 g/mol. The molecule has 2 aliphatic rings. The van der Waals surface area contributed by atoms with E-state index in [9.17, 15) is 9.59 Å². The lowest BCUT2D eigenvalue weighted by Crippen LogP contribution is -2.38. The van der Waals surface area contributed by atoms with E-state index in [1.807, 2.05) is 22.5 Å². The van der Waals surface area contributed by atoms with Crippen molar-refractivity contribution in [1.29, 1.82) is 0 Å². The average Bonchev–Trinajstić information content (AvgIpc) is 3.10. The number of rotatable bonds is 5. The van der Waals surface area contributed by atoms with Gasteiger partial charge in [-0.25, -0.2) is 4.98 Å². The van der Waals surface area contributed by atoms with E-state index >= 15 is 0 Å². The molecule has 3 heterocycles. The predicted octanol–water partition coefficient (Wildman–Crippen LogP) is 2.14. The first-order valence-corrected chi connectivity index (χ1v) is 10.5. The van der Waals surface area contributed by atoms with Crippen LogP contribution in [0.4, 0.5) is 5.69 Å². The zero-order valence-electron chi connectivity index (χ0n) is 15.7. The minimum absolute atomic E-state index is 0.0153. The van der Waals surface area contributed by atoms with Crippen LogP contribution in [-0.2, 0) is 22.6 Å². The van der Waals surface area contributed by atoms with Crippen LogP contribution in [0.1, 0.15) is 24.1 Å². The number of anilines is 1. The van der Waals surface area contributed by atoms with Crippen molar-refractivity contribution in [3.05, 3.63) is 40.3 Å². The largest absolute Gasteiger partial charge is 0.484 e. The fourth-order valence-corrected chi connectivity index (χ4v) is 4.16. The van der Waals surface area contributed by atoms with Gasteiger partial charge in [-0.05, 0) is 36.6 Å². The summed E-state index contributed by atoms with van der Waals surface area (Å²) in [5, 5.41) is 4.93. The van der Waals surface area contributed by atoms with Gasteiger partial charge in [-0.3, -0.25) is 14.5 Å². The van der Waals surface area contributed by atoms with E-state index in [4.69, 9.17) is 4.74 Å². The van der Waals surface area contributed by atoms with Crippen molar-refractivity contribution in [2.24, 2.45) is 0 Å². The Bertz CT molecular complexity index is 840. The highest BCUT2D eigenvalue weighted by Crippen LogP contribution is 2.26. The standard InChI is InChI=1S/C20H24N4O3S/c25-19-5-2-15-10-17(3-4-18(15)22-19)27-12-20(26)24-7-1-6-23(8-9-24)11-16-13-28-14-21-16/h3-4,10,13-14H,1-2,5-9,11-12H2,(H,22,25). The molecular formula is C20H24N4O3S. The number of ether oxygens (including phenoxy) is 1. The summed E-state index contributed by atoms with van der Waals surface area (Å²) >= 11 is 1.61. The molecule has 148 valence electrons. The topological polar surface area (TPSA) is 74.8 Å². The molecule has 0 atom stereocenters. The second kappa shape index (κ2) is 8.70. The van der Waals surface area contributed by atoms with Gasteiger partial charge < -0.3 is 15.0 Å². The van der Waals surface area contributed by atoms with Crippen molar-refractivity contribution in [3.63, 3.8) is 0 Å². The number of nitrogens with one attached hydrogen (secondary N) is 1. The molecule has 7 nitrogen and oxygen atoms in total. The van der Waals surface area contributed by atoms with Crippen LogP contribution in [-0.4, -0.2) is 59.4 Å². The summed E-state index contributed by atoms with van der Waals surface area (Å²) in [7, 11) is 0. The number of hydrogen-bond acceptors (Lipinski definition) is 6. The minimum Gasteiger partial charge on any atom is -0.484 e. The molecule has 0 unspecified atom stereocenters. The molecule has 2 aromatic rings. The number of fused-ring (bicyclic) bond motifs is 1. The Labute approximate surface area is 168 Å². The number of hydrogen-bond donors (Lipinski definition) is 1. The highest BCUT2D eigenvalue weighted by molar-refractivity contribution is 7.07. The Kier molecular flexibility index (Phi) is 5.87. The van der Waals surface area contributed by atoms with E-state index < -0.39 is 0 Å². The zero-order valence-corrected chi connectivity index (χ0v) is 16.5. The number of aryl methyl sites for hydroxylation is 1. The molecular weight excluding hydrogens is 376 g/mol. The molecule has 0 radical (unpaired) electrons. The lowest BCUT2D eigenvalue weighted by molar-refractivity contribution is -0.133. The van der Waals surface area contributed by atoms with E-state index in [2.05, 4.69) is 20.6 Å². The van der Waals surface area contributed by atoms with E-state index in [-0.39, 0.29) is 18.4 Å². The quantitative estimate of drug-likeness (QED) is 0.832. The maximum atomic E-state index is 12.6. The molecule has 8 heteroatoms. The molecule has 0 bridgehead atoms. The Morgan fingerprint density at radius 3 is 3.00 bits per heavy atom. The van der Waals surface area contributed by atoms with Gasteiger partial charge in [0.15, 0.2) is 6.61 Å². The number of nitrogens with zero attached hydrogens (tertiary/aromatic N) is 3. The van der Waals surface area contributed by atoms with Crippen LogP contribution in [0.25, 0.3) is 0 Å². The van der Waals surface area contributed by atoms with Crippen molar-refractivity contribution in [2.75, 3.05) is 38.1 Å². The maximum absolute atomic E-state index is 12.6. The second-order valence-corrected chi connectivity index (χ2v) is 7.86. The first-order valence-electron chi connectivity index (χ1n) is 9.60. The van der Waals surface area contributed by atoms with Gasteiger partial charge in [0, 0.05) is 50.2 Å². The van der Waals surface area contributed by atoms with E-state index in [1.54, 1.807) is 17.4 Å². The molecule has 1 fully saturated rings. The van der Waals surface area contributed by atoms with E-state index in [1.165, 1.54) is 0 Å². The molecule has 4 rings (SSSR count). The zero-order chi connectivity index (χ0) is 19.3. The molecule has 0 aliphatic carbocycles. The van der Waals surface area contributed by atoms with Crippen molar-refractivity contribution < 1.29 is 14.3 Å². The maximum Gasteiger partial charge on any atom is 0.260 e. The molecule has 28 heavy (non-hydrogen) atoms. The lowest BCUT2D eigenvalue weighted by Gasteiger charge is -2.22. The highest BCUT2D eigenvalue weighted by Gasteiger charge is 2.20. The SMILES string of the molecule is O=C1CCc2cc(OCC(=O)N3CCCN(Cc4cscn4)CC3)ccc2N1. The highest BCUT2D eigenvalue weighted by atomic mass is 32.1. The summed E-state index contributed by atoms with van der Waals surface area (Å²) in [4.78, 5) is 32.6. The van der Waals surface area contributed by atoms with Gasteiger partial charge in [-0.1, -0.05) is 0 Å². The first-order chi connectivity index (χ1) is 13.7. The van der Waals surface area contributed by atoms with E-state index in [0.717, 1.165) is 49.5 Å². The van der Waals surface area contributed by atoms with Gasteiger partial charge in [0.1, 0.15) is 5.75 Å². The van der Waals surface area contributed by atoms with Crippen LogP contribution >= 0.6 is 11.3 Å². The molecule has 1 N–H and O–H groups in total. The Balaban J connectivity index is 1.27. The van der Waals surface area contributed by atoms with Crippen molar-refractivity contribution in [1.82, 2.24) is 14.8 Å². The van der Waals surface area contributed by atoms with Crippen LogP contribution in [0, 0.1) is 0 Å². The number of carbonyl (C=O) groups excluding carboxylic acids is 2. The molecule has 0 spiro atoms. The first kappa shape index (κ1) is 18.9. The van der Waals surface area contributed by atoms with Crippen molar-refractivity contribution in [3.8, 4) is 5.75 Å². The summed E-state index contributed by atoms with van der Waals surface area (Å²) in [5.74, 6) is 0.728. The molecule has 1 aromatic heterocycles. The van der Waals surface area contributed by atoms with Gasteiger partial charge >= 0.3 is 0 Å². The van der Waals surface area contributed by atoms with E-state index in [0.29, 0.717) is 25.1 Å². The molecule has 2 amide bonds. The molecule has 1 saturated heterocycles. The summed E-state index contributed by atoms with van der Waals surface area (Å²) in [5.41, 5.74) is 4.84. The summed E-state index contributed by atoms with van der Waals surface area (Å²) in [6, 6.07) is 5.56. The summed E-state index contributed by atoms with van der Waals surface area (Å²) < 4.78 is 5.74. The third-order valence-electron chi connectivity index (χ3n) is 5.14. The van der Waals surface area contributed by atoms with Crippen LogP contribution in [0.5, 0.6) is 5.75 Å². The summed E-state index contributed by atoms with van der Waals surface area (Å²) in [6.07, 6.45) is 2.14. The third-order valence-corrected chi connectivity index (χ3v) is 5.78. The van der Waals surface area contributed by atoms with Gasteiger partial charge in [0.25, 0.3) is 5.91 Å². The molecule has 2 aliphatic heterocycles. The van der Waals surface area contributed by atoms with Gasteiger partial charge in [-0.2, -0.15) is 0 Å². The number of benzene rings is 1. The Hall–Kier alpha value is -2.45. The van der Waals surface area contributed by atoms with Crippen molar-refractivity contribution in [2.45, 2.75) is 25.8 Å². The second-order valence-electron chi connectivity index (χ2n) is 7.15. The Morgan fingerprint density at radius 2 is 2.14 bits per heavy atom. The molecule has 0 saturated carbocycles. The van der Waals surface area contributed by atoms with Crippen LogP contribution < -0.4 is 10.1 Å². The smallest absolute Gasteiger partial charge is 0.260 e. The third kappa shape index (κ3) is 4.69. The number of amides is 2.